The second kappa shape index (κ2) is 8.59. The Balaban J connectivity index is 1.25. The Kier molecular flexibility index (Phi) is 5.80. The van der Waals surface area contributed by atoms with E-state index in [1.807, 2.05) is 0 Å². The highest BCUT2D eigenvalue weighted by Crippen LogP contribution is 2.75. The first-order chi connectivity index (χ1) is 18.9. The van der Waals surface area contributed by atoms with Crippen LogP contribution in [0.5, 0.6) is 0 Å². The summed E-state index contributed by atoms with van der Waals surface area (Å²) < 4.78 is 42.6. The molecule has 7 aliphatic rings. The van der Waals surface area contributed by atoms with E-state index in [-0.39, 0.29) is 37.1 Å². The van der Waals surface area contributed by atoms with Crippen LogP contribution in [0.15, 0.2) is 24.3 Å². The van der Waals surface area contributed by atoms with Crippen LogP contribution in [-0.2, 0) is 42.7 Å². The van der Waals surface area contributed by atoms with Crippen LogP contribution in [0.25, 0.3) is 0 Å². The highest BCUT2D eigenvalue weighted by atomic mass is 16.7. The Morgan fingerprint density at radius 2 is 1.80 bits per heavy atom. The van der Waals surface area contributed by atoms with Crippen molar-refractivity contribution in [1.29, 1.82) is 0 Å². The smallest absolute Gasteiger partial charge is 0.338 e. The van der Waals surface area contributed by atoms with Crippen molar-refractivity contribution < 1.29 is 53.0 Å². The van der Waals surface area contributed by atoms with Crippen LogP contribution >= 0.6 is 0 Å². The van der Waals surface area contributed by atoms with E-state index in [4.69, 9.17) is 33.2 Å². The van der Waals surface area contributed by atoms with Crippen LogP contribution in [0.2, 0.25) is 0 Å². The largest absolute Gasteiger partial charge is 0.463 e. The molecule has 13 atom stereocenters. The quantitative estimate of drug-likeness (QED) is 0.344. The fraction of sp³-hybridized carbons (Fsp3) is 0.793. The number of rotatable bonds is 1. The third kappa shape index (κ3) is 3.55. The average molecular weight is 563 g/mol. The molecule has 2 N–H and O–H groups in total. The van der Waals surface area contributed by atoms with Crippen molar-refractivity contribution in [2.45, 2.75) is 113 Å². The molecule has 13 unspecified atom stereocenters. The lowest BCUT2D eigenvalue weighted by Gasteiger charge is -2.58. The first kappa shape index (κ1) is 27.0. The Bertz CT molecular complexity index is 1160. The summed E-state index contributed by atoms with van der Waals surface area (Å²) in [4.78, 5) is 26.4. The molecule has 5 heterocycles. The number of epoxide rings is 3. The van der Waals surface area contributed by atoms with Crippen molar-refractivity contribution in [1.82, 2.24) is 0 Å². The molecule has 2 saturated carbocycles. The minimum absolute atomic E-state index is 0.0139. The zero-order valence-corrected chi connectivity index (χ0v) is 23.2. The maximum absolute atomic E-state index is 13.4. The predicted octanol–water partition coefficient (Wildman–Crippen LogP) is 0.736. The first-order valence-electron chi connectivity index (χ1n) is 14.3. The zero-order chi connectivity index (χ0) is 28.3. The molecule has 7 rings (SSSR count). The van der Waals surface area contributed by atoms with Crippen LogP contribution in [0.1, 0.15) is 47.0 Å². The SMILES string of the molecule is CC(O)C1/C=C\C=C/C(=O)OC2CC3OC4C5OC5(C)CCC4(COC(=O)C4OC4(C)C(O)CO1)C2(C)C31CO1. The lowest BCUT2D eigenvalue weighted by atomic mass is 9.50. The normalized spacial score (nSPS) is 57.2. The van der Waals surface area contributed by atoms with Crippen LogP contribution < -0.4 is 0 Å². The van der Waals surface area contributed by atoms with Gasteiger partial charge in [0, 0.05) is 17.9 Å². The Hall–Kier alpha value is -1.86. The predicted molar refractivity (Wildman–Crippen MR) is 135 cm³/mol. The molecular formula is C29H38O11. The number of cyclic esters (lactones) is 1. The zero-order valence-electron chi connectivity index (χ0n) is 23.2. The van der Waals surface area contributed by atoms with E-state index in [0.717, 1.165) is 6.42 Å². The van der Waals surface area contributed by atoms with Crippen LogP contribution in [0, 0.1) is 10.8 Å². The highest BCUT2D eigenvalue weighted by molar-refractivity contribution is 5.82. The third-order valence-corrected chi connectivity index (χ3v) is 11.1. The standard InChI is InChI=1S/C29H38O11/c1-15(30)16-7-5-6-8-20(32)37-18-11-19-29(14-36-29)27(18,4)28(10-9-25(2)21(39-25)22(28)38-19)13-35-24(33)23-26(3,40-23)17(31)12-34-16/h5-8,15-19,21-23,30-31H,9-14H2,1-4H3/b7-5-,8-6-. The molecule has 220 valence electrons. The number of ether oxygens (including phenoxy) is 7. The molecule has 0 aromatic rings. The van der Waals surface area contributed by atoms with Gasteiger partial charge in [0.25, 0.3) is 0 Å². The van der Waals surface area contributed by atoms with Gasteiger partial charge in [-0.2, -0.15) is 0 Å². The van der Waals surface area contributed by atoms with Crippen molar-refractivity contribution in [2.24, 2.45) is 10.8 Å². The van der Waals surface area contributed by atoms with E-state index in [1.54, 1.807) is 26.0 Å². The molecule has 40 heavy (non-hydrogen) atoms. The third-order valence-electron chi connectivity index (χ3n) is 11.1. The van der Waals surface area contributed by atoms with E-state index < -0.39 is 64.5 Å². The molecule has 0 amide bonds. The lowest BCUT2D eigenvalue weighted by molar-refractivity contribution is -0.251. The fourth-order valence-corrected chi connectivity index (χ4v) is 8.09. The summed E-state index contributed by atoms with van der Waals surface area (Å²) >= 11 is 0. The molecule has 6 fully saturated rings. The van der Waals surface area contributed by atoms with Crippen molar-refractivity contribution in [3.63, 3.8) is 0 Å². The van der Waals surface area contributed by atoms with Crippen LogP contribution in [0.4, 0.5) is 0 Å². The van der Waals surface area contributed by atoms with Gasteiger partial charge in [0.2, 0.25) is 0 Å². The van der Waals surface area contributed by atoms with Gasteiger partial charge in [-0.15, -0.1) is 0 Å². The number of aliphatic hydroxyl groups is 2. The molecule has 0 aromatic carbocycles. The Morgan fingerprint density at radius 1 is 1.02 bits per heavy atom. The number of hydrogen-bond donors (Lipinski definition) is 2. The molecule has 2 bridgehead atoms. The van der Waals surface area contributed by atoms with Gasteiger partial charge in [-0.3, -0.25) is 0 Å². The summed E-state index contributed by atoms with van der Waals surface area (Å²) in [6, 6.07) is 0. The average Bonchev–Trinajstić information content (AvgIpc) is 3.81. The van der Waals surface area contributed by atoms with E-state index >= 15 is 0 Å². The molecule has 4 saturated heterocycles. The van der Waals surface area contributed by atoms with E-state index in [0.29, 0.717) is 19.4 Å². The number of aliphatic hydroxyl groups excluding tert-OH is 2. The van der Waals surface area contributed by atoms with Gasteiger partial charge >= 0.3 is 11.9 Å². The molecule has 5 aliphatic heterocycles. The van der Waals surface area contributed by atoms with Crippen LogP contribution in [0.3, 0.4) is 0 Å². The van der Waals surface area contributed by atoms with E-state index in [1.165, 1.54) is 12.2 Å². The van der Waals surface area contributed by atoms with Gasteiger partial charge in [-0.05, 0) is 33.6 Å². The van der Waals surface area contributed by atoms with Gasteiger partial charge in [-0.25, -0.2) is 9.59 Å². The van der Waals surface area contributed by atoms with Crippen molar-refractivity contribution in [3.8, 4) is 0 Å². The molecule has 11 nitrogen and oxygen atoms in total. The monoisotopic (exact) mass is 562 g/mol. The minimum Gasteiger partial charge on any atom is -0.463 e. The molecule has 11 heteroatoms. The summed E-state index contributed by atoms with van der Waals surface area (Å²) in [6.45, 7) is 7.67. The molecule has 0 radical (unpaired) electrons. The van der Waals surface area contributed by atoms with Crippen LogP contribution in [-0.4, -0.2) is 108 Å². The summed E-state index contributed by atoms with van der Waals surface area (Å²) in [5.74, 6) is -1.10. The molecule has 0 aromatic heterocycles. The second-order valence-electron chi connectivity index (χ2n) is 13.2. The number of carbonyl (C=O) groups excluding carboxylic acids is 2. The molecule has 2 aliphatic carbocycles. The lowest BCUT2D eigenvalue weighted by Crippen LogP contribution is -2.69. The number of esters is 2. The van der Waals surface area contributed by atoms with Crippen molar-refractivity contribution >= 4 is 11.9 Å². The van der Waals surface area contributed by atoms with E-state index in [9.17, 15) is 19.8 Å². The van der Waals surface area contributed by atoms with Gasteiger partial charge in [0.15, 0.2) is 6.10 Å². The Labute approximate surface area is 232 Å². The summed E-state index contributed by atoms with van der Waals surface area (Å²) in [7, 11) is 0. The highest BCUT2D eigenvalue weighted by Gasteiger charge is 2.86. The summed E-state index contributed by atoms with van der Waals surface area (Å²) in [6.07, 6.45) is 2.83. The van der Waals surface area contributed by atoms with E-state index in [2.05, 4.69) is 13.8 Å². The minimum atomic E-state index is -1.18. The summed E-state index contributed by atoms with van der Waals surface area (Å²) in [5, 5.41) is 20.9. The van der Waals surface area contributed by atoms with Gasteiger partial charge in [0.05, 0.1) is 42.5 Å². The Morgan fingerprint density at radius 3 is 2.52 bits per heavy atom. The fourth-order valence-electron chi connectivity index (χ4n) is 8.09. The van der Waals surface area contributed by atoms with Gasteiger partial charge in [-0.1, -0.05) is 25.2 Å². The topological polar surface area (TPSA) is 149 Å². The number of allylic oxidation sites excluding steroid dienone is 2. The summed E-state index contributed by atoms with van der Waals surface area (Å²) in [5.41, 5.74) is -3.54. The van der Waals surface area contributed by atoms with Crippen molar-refractivity contribution in [2.75, 3.05) is 19.8 Å². The van der Waals surface area contributed by atoms with Crippen molar-refractivity contribution in [3.05, 3.63) is 24.3 Å². The van der Waals surface area contributed by atoms with Gasteiger partial charge < -0.3 is 43.4 Å². The molecule has 2 spiro atoms. The maximum Gasteiger partial charge on any atom is 0.338 e. The molecular weight excluding hydrogens is 524 g/mol. The van der Waals surface area contributed by atoms with Gasteiger partial charge in [0.1, 0.15) is 42.2 Å². The number of fused-ring (bicyclic) bond motifs is 3. The maximum atomic E-state index is 13.4. The number of hydrogen-bond acceptors (Lipinski definition) is 11. The second-order valence-corrected chi connectivity index (χ2v) is 13.2. The first-order valence-corrected chi connectivity index (χ1v) is 14.3. The number of carbonyl (C=O) groups is 2.